The van der Waals surface area contributed by atoms with Gasteiger partial charge in [0.05, 0.1) is 0 Å². The van der Waals surface area contributed by atoms with Gasteiger partial charge in [0.25, 0.3) is 0 Å². The molecule has 1 unspecified atom stereocenters. The highest BCUT2D eigenvalue weighted by molar-refractivity contribution is 5.87. The summed E-state index contributed by atoms with van der Waals surface area (Å²) < 4.78 is 0. The maximum absolute atomic E-state index is 12.5. The first-order valence-electron chi connectivity index (χ1n) is 11.4. The van der Waals surface area contributed by atoms with Crippen molar-refractivity contribution in [2.24, 2.45) is 17.3 Å². The third kappa shape index (κ3) is 3.03. The Bertz CT molecular complexity index is 945. The summed E-state index contributed by atoms with van der Waals surface area (Å²) >= 11 is 0. The molecule has 2 heteroatoms. The highest BCUT2D eigenvalue weighted by Crippen LogP contribution is 2.59. The number of carbonyl (C=O) groups excluding carboxylic acids is 1. The van der Waals surface area contributed by atoms with Crippen molar-refractivity contribution in [3.63, 3.8) is 0 Å². The lowest BCUT2D eigenvalue weighted by atomic mass is 9.55. The average molecular weight is 389 g/mol. The zero-order chi connectivity index (χ0) is 20.2. The van der Waals surface area contributed by atoms with Gasteiger partial charge in [-0.15, -0.1) is 0 Å². The number of aryl methyl sites for hydroxylation is 1. The van der Waals surface area contributed by atoms with Crippen LogP contribution in [0.25, 0.3) is 0 Å². The van der Waals surface area contributed by atoms with Crippen molar-refractivity contribution >= 4 is 5.78 Å². The molecule has 2 aromatic carbocycles. The van der Waals surface area contributed by atoms with E-state index in [-0.39, 0.29) is 5.41 Å². The first kappa shape index (κ1) is 18.9. The predicted molar refractivity (Wildman–Crippen MR) is 116 cm³/mol. The van der Waals surface area contributed by atoms with Crippen molar-refractivity contribution in [3.05, 3.63) is 64.7 Å². The van der Waals surface area contributed by atoms with E-state index in [1.165, 1.54) is 24.0 Å². The van der Waals surface area contributed by atoms with Crippen LogP contribution in [0.5, 0.6) is 5.75 Å². The molecule has 0 saturated heterocycles. The van der Waals surface area contributed by atoms with Gasteiger partial charge in [-0.25, -0.2) is 0 Å². The van der Waals surface area contributed by atoms with Crippen LogP contribution in [0.1, 0.15) is 80.0 Å². The number of hydrogen-bond acceptors (Lipinski definition) is 2. The molecule has 3 aliphatic carbocycles. The van der Waals surface area contributed by atoms with E-state index in [1.54, 1.807) is 11.6 Å². The summed E-state index contributed by atoms with van der Waals surface area (Å²) in [6.07, 6.45) is 7.41. The second kappa shape index (κ2) is 7.00. The van der Waals surface area contributed by atoms with Crippen molar-refractivity contribution in [2.45, 2.75) is 70.6 Å². The second-order valence-corrected chi connectivity index (χ2v) is 10.0. The number of fused-ring (bicyclic) bond motifs is 5. The second-order valence-electron chi connectivity index (χ2n) is 10.0. The third-order valence-electron chi connectivity index (χ3n) is 8.55. The molecule has 5 rings (SSSR count). The van der Waals surface area contributed by atoms with Crippen LogP contribution in [-0.2, 0) is 17.6 Å². The van der Waals surface area contributed by atoms with Crippen molar-refractivity contribution in [3.8, 4) is 5.75 Å². The van der Waals surface area contributed by atoms with E-state index < -0.39 is 0 Å². The van der Waals surface area contributed by atoms with E-state index >= 15 is 0 Å². The molecule has 2 nitrogen and oxygen atoms in total. The van der Waals surface area contributed by atoms with Gasteiger partial charge in [0, 0.05) is 11.8 Å². The molecule has 3 aliphatic rings. The molecule has 2 saturated carbocycles. The van der Waals surface area contributed by atoms with E-state index in [2.05, 4.69) is 32.0 Å². The Kier molecular flexibility index (Phi) is 4.57. The molecule has 2 fully saturated rings. The molecule has 152 valence electrons. The number of phenols is 1. The Morgan fingerprint density at radius 3 is 2.76 bits per heavy atom. The molecule has 0 radical (unpaired) electrons. The lowest BCUT2D eigenvalue weighted by Gasteiger charge is -2.48. The number of carbonyl (C=O) groups is 1. The number of Topliss-reactive ketones (excluding diaryl/α,β-unsaturated/α-hetero) is 1. The Hall–Kier alpha value is -2.09. The number of para-hydroxylation sites is 1. The van der Waals surface area contributed by atoms with Crippen LogP contribution in [-0.4, -0.2) is 10.9 Å². The minimum Gasteiger partial charge on any atom is -0.508 e. The highest BCUT2D eigenvalue weighted by Gasteiger charge is 2.54. The van der Waals surface area contributed by atoms with Crippen LogP contribution < -0.4 is 0 Å². The van der Waals surface area contributed by atoms with Gasteiger partial charge < -0.3 is 5.11 Å². The smallest absolute Gasteiger partial charge is 0.139 e. The van der Waals surface area contributed by atoms with Crippen LogP contribution in [0.3, 0.4) is 0 Å². The number of rotatable bonds is 3. The van der Waals surface area contributed by atoms with Gasteiger partial charge >= 0.3 is 0 Å². The third-order valence-corrected chi connectivity index (χ3v) is 8.55. The normalized spacial score (nSPS) is 31.7. The lowest BCUT2D eigenvalue weighted by Crippen LogP contribution is -2.42. The lowest BCUT2D eigenvalue weighted by molar-refractivity contribution is -0.129. The molecule has 29 heavy (non-hydrogen) atoms. The molecule has 0 spiro atoms. The van der Waals surface area contributed by atoms with Gasteiger partial charge in [-0.05, 0) is 90.5 Å². The van der Waals surface area contributed by atoms with E-state index in [0.717, 1.165) is 37.7 Å². The standard InChI is InChI=1S/C27H32O2/c1-17(15-20-5-3-4-6-25(20)28)18-7-9-21-19(16-18)8-10-23-22(21)13-14-27(2)24(23)11-12-26(27)29/h3-7,9,16-17,22-24,28H,8,10-15H2,1-2H3/t17?,22-,23-,24+,27+/m1/s1. The van der Waals surface area contributed by atoms with Crippen molar-refractivity contribution in [1.82, 2.24) is 0 Å². The molecule has 0 aromatic heterocycles. The van der Waals surface area contributed by atoms with Crippen molar-refractivity contribution in [1.29, 1.82) is 0 Å². The van der Waals surface area contributed by atoms with E-state index in [0.29, 0.717) is 35.2 Å². The van der Waals surface area contributed by atoms with Gasteiger partial charge in [0.15, 0.2) is 0 Å². The number of aromatic hydroxyl groups is 1. The summed E-state index contributed by atoms with van der Waals surface area (Å²) in [5.74, 6) is 3.24. The number of ketones is 1. The maximum atomic E-state index is 12.5. The fraction of sp³-hybridized carbons (Fsp3) is 0.519. The first-order chi connectivity index (χ1) is 14.0. The van der Waals surface area contributed by atoms with Gasteiger partial charge in [-0.2, -0.15) is 0 Å². The van der Waals surface area contributed by atoms with Crippen LogP contribution in [0.2, 0.25) is 0 Å². The first-order valence-corrected chi connectivity index (χ1v) is 11.4. The summed E-state index contributed by atoms with van der Waals surface area (Å²) in [4.78, 5) is 12.5. The van der Waals surface area contributed by atoms with Gasteiger partial charge in [0.1, 0.15) is 11.5 Å². The number of hydrogen-bond donors (Lipinski definition) is 1. The quantitative estimate of drug-likeness (QED) is 0.683. The molecule has 0 aliphatic heterocycles. The summed E-state index contributed by atoms with van der Waals surface area (Å²) in [6.45, 7) is 4.51. The summed E-state index contributed by atoms with van der Waals surface area (Å²) in [5.41, 5.74) is 5.45. The van der Waals surface area contributed by atoms with E-state index in [4.69, 9.17) is 0 Å². The molecule has 0 amide bonds. The van der Waals surface area contributed by atoms with Crippen molar-refractivity contribution in [2.75, 3.05) is 0 Å². The van der Waals surface area contributed by atoms with Gasteiger partial charge in [0.2, 0.25) is 0 Å². The van der Waals surface area contributed by atoms with Crippen LogP contribution in [0.4, 0.5) is 0 Å². The Morgan fingerprint density at radius 2 is 1.93 bits per heavy atom. The monoisotopic (exact) mass is 388 g/mol. The molecule has 5 atom stereocenters. The van der Waals surface area contributed by atoms with Crippen LogP contribution in [0, 0.1) is 17.3 Å². The summed E-state index contributed by atoms with van der Waals surface area (Å²) in [7, 11) is 0. The van der Waals surface area contributed by atoms with Gasteiger partial charge in [-0.3, -0.25) is 4.79 Å². The number of benzene rings is 2. The highest BCUT2D eigenvalue weighted by atomic mass is 16.3. The van der Waals surface area contributed by atoms with Gasteiger partial charge in [-0.1, -0.05) is 50.2 Å². The topological polar surface area (TPSA) is 37.3 Å². The summed E-state index contributed by atoms with van der Waals surface area (Å²) in [6, 6.07) is 14.8. The number of phenolic OH excluding ortho intramolecular Hbond substituents is 1. The minimum atomic E-state index is -0.0369. The SMILES string of the molecule is CC(Cc1ccccc1O)c1ccc2c(c1)CC[C@@H]1[C@@H]2CC[C@]2(C)C(=O)CC[C@@H]12. The fourth-order valence-corrected chi connectivity index (χ4v) is 6.81. The Labute approximate surface area is 174 Å². The molecule has 2 aromatic rings. The predicted octanol–water partition coefficient (Wildman–Crippen LogP) is 6.16. The molecular formula is C27H32O2. The minimum absolute atomic E-state index is 0.0369. The van der Waals surface area contributed by atoms with E-state index in [9.17, 15) is 9.90 Å². The van der Waals surface area contributed by atoms with E-state index in [1.807, 2.05) is 18.2 Å². The fourth-order valence-electron chi connectivity index (χ4n) is 6.81. The zero-order valence-corrected chi connectivity index (χ0v) is 17.7. The zero-order valence-electron chi connectivity index (χ0n) is 17.7. The maximum Gasteiger partial charge on any atom is 0.139 e. The largest absolute Gasteiger partial charge is 0.508 e. The van der Waals surface area contributed by atoms with Crippen LogP contribution >= 0.6 is 0 Å². The Balaban J connectivity index is 1.38. The molecule has 1 N–H and O–H groups in total. The molecular weight excluding hydrogens is 356 g/mol. The van der Waals surface area contributed by atoms with Crippen molar-refractivity contribution < 1.29 is 9.90 Å². The molecule has 0 heterocycles. The van der Waals surface area contributed by atoms with Crippen LogP contribution in [0.15, 0.2) is 42.5 Å². The average Bonchev–Trinajstić information content (AvgIpc) is 3.04. The summed E-state index contributed by atoms with van der Waals surface area (Å²) in [5, 5.41) is 10.1. The Morgan fingerprint density at radius 1 is 1.10 bits per heavy atom. The molecule has 0 bridgehead atoms.